The van der Waals surface area contributed by atoms with Gasteiger partial charge < -0.3 is 4.74 Å². The highest BCUT2D eigenvalue weighted by molar-refractivity contribution is 7.13. The van der Waals surface area contributed by atoms with Gasteiger partial charge in [-0.2, -0.15) is 0 Å². The molecule has 1 unspecified atom stereocenters. The lowest BCUT2D eigenvalue weighted by Gasteiger charge is -2.13. The number of thiazole rings is 1. The van der Waals surface area contributed by atoms with Gasteiger partial charge in [0.25, 0.3) is 0 Å². The Morgan fingerprint density at radius 1 is 1.08 bits per heavy atom. The van der Waals surface area contributed by atoms with Crippen molar-refractivity contribution in [2.75, 3.05) is 0 Å². The van der Waals surface area contributed by atoms with E-state index in [9.17, 15) is 4.79 Å². The van der Waals surface area contributed by atoms with Crippen LogP contribution in [0.25, 0.3) is 21.5 Å². The minimum absolute atomic E-state index is 0.328. The fraction of sp³-hybridized carbons (Fsp3) is 0.0952. The van der Waals surface area contributed by atoms with E-state index in [0.717, 1.165) is 27.0 Å². The van der Waals surface area contributed by atoms with Crippen molar-refractivity contribution in [3.63, 3.8) is 0 Å². The lowest BCUT2D eigenvalue weighted by atomic mass is 10.1. The predicted octanol–water partition coefficient (Wildman–Crippen LogP) is 5.28. The number of rotatable bonds is 4. The zero-order valence-corrected chi connectivity index (χ0v) is 14.9. The SMILES string of the molecule is CC(OC(=O)c1csc(-c2ccccc2)n1)c1cnc2ccccc2c1. The maximum atomic E-state index is 12.4. The van der Waals surface area contributed by atoms with Crippen LogP contribution >= 0.6 is 11.3 Å². The molecule has 2 heterocycles. The molecule has 1 atom stereocenters. The van der Waals surface area contributed by atoms with E-state index in [-0.39, 0.29) is 0 Å². The number of nitrogens with zero attached hydrogens (tertiary/aromatic N) is 2. The average molecular weight is 360 g/mol. The third-order valence-corrected chi connectivity index (χ3v) is 4.99. The average Bonchev–Trinajstić information content (AvgIpc) is 3.18. The number of hydrogen-bond acceptors (Lipinski definition) is 5. The van der Waals surface area contributed by atoms with E-state index in [1.54, 1.807) is 11.6 Å². The molecule has 4 rings (SSSR count). The van der Waals surface area contributed by atoms with Gasteiger partial charge >= 0.3 is 5.97 Å². The highest BCUT2D eigenvalue weighted by Crippen LogP contribution is 2.26. The van der Waals surface area contributed by atoms with Crippen molar-refractivity contribution < 1.29 is 9.53 Å². The van der Waals surface area contributed by atoms with Gasteiger partial charge in [0.2, 0.25) is 0 Å². The van der Waals surface area contributed by atoms with E-state index in [1.165, 1.54) is 11.3 Å². The van der Waals surface area contributed by atoms with Gasteiger partial charge in [0.15, 0.2) is 5.69 Å². The fourth-order valence-corrected chi connectivity index (χ4v) is 3.48. The number of esters is 1. The van der Waals surface area contributed by atoms with Crippen molar-refractivity contribution >= 4 is 28.2 Å². The first-order chi connectivity index (χ1) is 12.7. The highest BCUT2D eigenvalue weighted by atomic mass is 32.1. The summed E-state index contributed by atoms with van der Waals surface area (Å²) in [5, 5.41) is 3.56. The molecule has 0 aliphatic heterocycles. The third kappa shape index (κ3) is 3.34. The number of benzene rings is 2. The molecule has 0 radical (unpaired) electrons. The van der Waals surface area contributed by atoms with Crippen LogP contribution in [-0.4, -0.2) is 15.9 Å². The minimum atomic E-state index is -0.427. The highest BCUT2D eigenvalue weighted by Gasteiger charge is 2.17. The molecule has 0 fully saturated rings. The van der Waals surface area contributed by atoms with Crippen molar-refractivity contribution in [2.24, 2.45) is 0 Å². The van der Waals surface area contributed by atoms with Crippen molar-refractivity contribution in [3.05, 3.63) is 83.5 Å². The predicted molar refractivity (Wildman–Crippen MR) is 103 cm³/mol. The number of pyridine rings is 1. The van der Waals surface area contributed by atoms with Crippen LogP contribution in [0, 0.1) is 0 Å². The first-order valence-corrected chi connectivity index (χ1v) is 9.15. The van der Waals surface area contributed by atoms with E-state index in [0.29, 0.717) is 5.69 Å². The van der Waals surface area contributed by atoms with E-state index >= 15 is 0 Å². The van der Waals surface area contributed by atoms with E-state index in [2.05, 4.69) is 9.97 Å². The minimum Gasteiger partial charge on any atom is -0.453 e. The second-order valence-corrected chi connectivity index (χ2v) is 6.77. The number of fused-ring (bicyclic) bond motifs is 1. The van der Waals surface area contributed by atoms with Crippen LogP contribution in [0.15, 0.2) is 72.2 Å². The molecule has 2 aromatic heterocycles. The molecule has 2 aromatic carbocycles. The quantitative estimate of drug-likeness (QED) is 0.465. The Labute approximate surface area is 155 Å². The second kappa shape index (κ2) is 7.06. The van der Waals surface area contributed by atoms with E-state index in [4.69, 9.17) is 4.74 Å². The Morgan fingerprint density at radius 2 is 1.85 bits per heavy atom. The van der Waals surface area contributed by atoms with Gasteiger partial charge in [-0.05, 0) is 19.1 Å². The molecule has 0 saturated carbocycles. The summed E-state index contributed by atoms with van der Waals surface area (Å²) >= 11 is 1.43. The fourth-order valence-electron chi connectivity index (χ4n) is 2.68. The number of carbonyl (C=O) groups excluding carboxylic acids is 1. The third-order valence-electron chi connectivity index (χ3n) is 4.10. The zero-order valence-electron chi connectivity index (χ0n) is 14.1. The van der Waals surface area contributed by atoms with Crippen LogP contribution in [0.3, 0.4) is 0 Å². The Balaban J connectivity index is 1.51. The Bertz CT molecular complexity index is 1060. The van der Waals surface area contributed by atoms with Gasteiger partial charge in [0.05, 0.1) is 5.52 Å². The van der Waals surface area contributed by atoms with Crippen LogP contribution in [-0.2, 0) is 4.74 Å². The van der Waals surface area contributed by atoms with Gasteiger partial charge in [-0.25, -0.2) is 9.78 Å². The molecular formula is C21H16N2O2S. The van der Waals surface area contributed by atoms with Gasteiger partial charge in [-0.3, -0.25) is 4.98 Å². The molecule has 0 spiro atoms. The summed E-state index contributed by atoms with van der Waals surface area (Å²) in [5.41, 5.74) is 3.09. The number of carbonyl (C=O) groups is 1. The molecular weight excluding hydrogens is 344 g/mol. The Hall–Kier alpha value is -3.05. The first-order valence-electron chi connectivity index (χ1n) is 8.27. The lowest BCUT2D eigenvalue weighted by molar-refractivity contribution is 0.0331. The molecule has 5 heteroatoms. The monoisotopic (exact) mass is 360 g/mol. The number of ether oxygens (including phenoxy) is 1. The van der Waals surface area contributed by atoms with Crippen LogP contribution in [0.4, 0.5) is 0 Å². The molecule has 4 nitrogen and oxygen atoms in total. The van der Waals surface area contributed by atoms with E-state index in [1.807, 2.05) is 67.6 Å². The van der Waals surface area contributed by atoms with Crippen LogP contribution in [0.2, 0.25) is 0 Å². The maximum Gasteiger partial charge on any atom is 0.358 e. The summed E-state index contributed by atoms with van der Waals surface area (Å²) in [4.78, 5) is 21.3. The standard InChI is InChI=1S/C21H16N2O2S/c1-14(17-11-16-9-5-6-10-18(16)22-12-17)25-21(24)19-13-26-20(23-19)15-7-3-2-4-8-15/h2-14H,1H3. The van der Waals surface area contributed by atoms with Crippen LogP contribution in [0.1, 0.15) is 29.1 Å². The van der Waals surface area contributed by atoms with Gasteiger partial charge in [-0.1, -0.05) is 48.5 Å². The summed E-state index contributed by atoms with van der Waals surface area (Å²) in [5.74, 6) is -0.427. The maximum absolute atomic E-state index is 12.4. The van der Waals surface area contributed by atoms with Crippen molar-refractivity contribution in [3.8, 4) is 10.6 Å². The summed E-state index contributed by atoms with van der Waals surface area (Å²) in [6.07, 6.45) is 1.35. The molecule has 0 aliphatic carbocycles. The topological polar surface area (TPSA) is 52.1 Å². The van der Waals surface area contributed by atoms with Gasteiger partial charge in [0.1, 0.15) is 11.1 Å². The first kappa shape index (κ1) is 16.4. The second-order valence-electron chi connectivity index (χ2n) is 5.91. The molecule has 0 bridgehead atoms. The smallest absolute Gasteiger partial charge is 0.358 e. The van der Waals surface area contributed by atoms with Crippen LogP contribution in [0.5, 0.6) is 0 Å². The summed E-state index contributed by atoms with van der Waals surface area (Å²) in [7, 11) is 0. The Morgan fingerprint density at radius 3 is 2.69 bits per heavy atom. The molecule has 0 aliphatic rings. The molecule has 0 N–H and O–H groups in total. The number of aromatic nitrogens is 2. The van der Waals surface area contributed by atoms with Gasteiger partial charge in [-0.15, -0.1) is 11.3 Å². The van der Waals surface area contributed by atoms with Crippen molar-refractivity contribution in [1.29, 1.82) is 0 Å². The molecule has 128 valence electrons. The van der Waals surface area contributed by atoms with Crippen molar-refractivity contribution in [2.45, 2.75) is 13.0 Å². The largest absolute Gasteiger partial charge is 0.453 e. The van der Waals surface area contributed by atoms with Gasteiger partial charge in [0, 0.05) is 28.1 Å². The number of para-hydroxylation sites is 1. The molecule has 0 amide bonds. The molecule has 0 saturated heterocycles. The number of hydrogen-bond donors (Lipinski definition) is 0. The molecule has 4 aromatic rings. The summed E-state index contributed by atoms with van der Waals surface area (Å²) < 4.78 is 5.59. The Kier molecular flexibility index (Phi) is 4.46. The summed E-state index contributed by atoms with van der Waals surface area (Å²) in [6.45, 7) is 1.84. The lowest BCUT2D eigenvalue weighted by Crippen LogP contribution is -2.10. The normalized spacial score (nSPS) is 12.0. The zero-order chi connectivity index (χ0) is 17.9. The van der Waals surface area contributed by atoms with Crippen molar-refractivity contribution in [1.82, 2.24) is 9.97 Å². The molecule has 26 heavy (non-hydrogen) atoms. The summed E-state index contributed by atoms with van der Waals surface area (Å²) in [6, 6.07) is 19.6. The van der Waals surface area contributed by atoms with E-state index < -0.39 is 12.1 Å². The van der Waals surface area contributed by atoms with Crippen LogP contribution < -0.4 is 0 Å².